The van der Waals surface area contributed by atoms with E-state index < -0.39 is 5.54 Å². The third kappa shape index (κ3) is 4.86. The average molecular weight is 363 g/mol. The topological polar surface area (TPSA) is 91.7 Å². The summed E-state index contributed by atoms with van der Waals surface area (Å²) in [5.74, 6) is -0.170. The van der Waals surface area contributed by atoms with Crippen molar-refractivity contribution in [3.63, 3.8) is 0 Å². The van der Waals surface area contributed by atoms with E-state index in [9.17, 15) is 14.4 Å². The zero-order valence-corrected chi connectivity index (χ0v) is 15.8. The van der Waals surface area contributed by atoms with Crippen molar-refractivity contribution in [1.29, 1.82) is 0 Å². The van der Waals surface area contributed by atoms with Crippen LogP contribution in [0.25, 0.3) is 0 Å². The van der Waals surface area contributed by atoms with Crippen LogP contribution in [-0.4, -0.2) is 40.7 Å². The number of nitrogens with one attached hydrogen (secondary N) is 2. The maximum atomic E-state index is 13.0. The van der Waals surface area contributed by atoms with Gasteiger partial charge in [0.2, 0.25) is 17.7 Å². The molecule has 0 unspecified atom stereocenters. The first-order valence-electron chi connectivity index (χ1n) is 9.25. The second-order valence-electron chi connectivity index (χ2n) is 7.05. The molecule has 1 aliphatic carbocycles. The third-order valence-electron chi connectivity index (χ3n) is 5.15. The van der Waals surface area contributed by atoms with E-state index in [0.717, 1.165) is 25.7 Å². The van der Waals surface area contributed by atoms with Gasteiger partial charge in [-0.3, -0.25) is 14.4 Å². The van der Waals surface area contributed by atoms with Crippen molar-refractivity contribution in [3.05, 3.63) is 24.2 Å². The predicted molar refractivity (Wildman–Crippen MR) is 97.0 cm³/mol. The third-order valence-corrected chi connectivity index (χ3v) is 5.15. The van der Waals surface area contributed by atoms with Gasteiger partial charge >= 0.3 is 0 Å². The van der Waals surface area contributed by atoms with Gasteiger partial charge in [-0.1, -0.05) is 19.8 Å². The maximum absolute atomic E-state index is 13.0. The average Bonchev–Trinajstić information content (AvgIpc) is 3.30. The summed E-state index contributed by atoms with van der Waals surface area (Å²) in [6.07, 6.45) is 6.18. The second kappa shape index (κ2) is 8.87. The fourth-order valence-corrected chi connectivity index (χ4v) is 3.28. The predicted octanol–water partition coefficient (Wildman–Crippen LogP) is 1.97. The van der Waals surface area contributed by atoms with E-state index in [2.05, 4.69) is 10.6 Å². The van der Waals surface area contributed by atoms with Crippen molar-refractivity contribution < 1.29 is 18.8 Å². The van der Waals surface area contributed by atoms with Crippen LogP contribution in [0.1, 0.15) is 58.6 Å². The Balaban J connectivity index is 2.21. The molecule has 1 aromatic rings. The Morgan fingerprint density at radius 3 is 2.54 bits per heavy atom. The molecule has 0 spiro atoms. The van der Waals surface area contributed by atoms with Crippen LogP contribution in [0.15, 0.2) is 22.8 Å². The van der Waals surface area contributed by atoms with Crippen LogP contribution in [0.3, 0.4) is 0 Å². The van der Waals surface area contributed by atoms with Gasteiger partial charge < -0.3 is 20.0 Å². The van der Waals surface area contributed by atoms with Crippen LogP contribution in [-0.2, 0) is 20.9 Å². The molecular formula is C19H29N3O4. The number of hydrogen-bond acceptors (Lipinski definition) is 4. The van der Waals surface area contributed by atoms with E-state index >= 15 is 0 Å². The first-order chi connectivity index (χ1) is 12.4. The van der Waals surface area contributed by atoms with Gasteiger partial charge in [0.25, 0.3) is 0 Å². The Morgan fingerprint density at radius 2 is 2.00 bits per heavy atom. The molecular weight excluding hydrogens is 334 g/mol. The molecule has 0 radical (unpaired) electrons. The summed E-state index contributed by atoms with van der Waals surface area (Å²) < 4.78 is 5.38. The van der Waals surface area contributed by atoms with Crippen molar-refractivity contribution in [2.24, 2.45) is 0 Å². The Bertz CT molecular complexity index is 623. The summed E-state index contributed by atoms with van der Waals surface area (Å²) in [6.45, 7) is 5.03. The molecule has 7 heteroatoms. The van der Waals surface area contributed by atoms with Crippen molar-refractivity contribution in [1.82, 2.24) is 15.5 Å². The Morgan fingerprint density at radius 1 is 1.31 bits per heavy atom. The zero-order chi connectivity index (χ0) is 19.2. The lowest BCUT2D eigenvalue weighted by Crippen LogP contribution is -2.60. The highest BCUT2D eigenvalue weighted by atomic mass is 16.3. The molecule has 1 fully saturated rings. The summed E-state index contributed by atoms with van der Waals surface area (Å²) in [5.41, 5.74) is -1.02. The van der Waals surface area contributed by atoms with Crippen LogP contribution in [0.2, 0.25) is 0 Å². The van der Waals surface area contributed by atoms with Gasteiger partial charge in [-0.15, -0.1) is 0 Å². The molecule has 1 heterocycles. The lowest BCUT2D eigenvalue weighted by atomic mass is 9.93. The van der Waals surface area contributed by atoms with Gasteiger partial charge in [0.15, 0.2) is 0 Å². The first-order valence-corrected chi connectivity index (χ1v) is 9.25. The van der Waals surface area contributed by atoms with Crippen LogP contribution in [0.4, 0.5) is 0 Å². The van der Waals surface area contributed by atoms with Crippen molar-refractivity contribution in [2.45, 2.75) is 71.0 Å². The summed E-state index contributed by atoms with van der Waals surface area (Å²) >= 11 is 0. The molecule has 0 saturated heterocycles. The lowest BCUT2D eigenvalue weighted by Gasteiger charge is -2.39. The number of hydrogen-bond donors (Lipinski definition) is 2. The van der Waals surface area contributed by atoms with Gasteiger partial charge in [0.05, 0.1) is 19.4 Å². The monoisotopic (exact) mass is 363 g/mol. The fourth-order valence-electron chi connectivity index (χ4n) is 3.28. The van der Waals surface area contributed by atoms with Crippen LogP contribution >= 0.6 is 0 Å². The van der Waals surface area contributed by atoms with Gasteiger partial charge in [-0.25, -0.2) is 0 Å². The molecule has 0 bridgehead atoms. The second-order valence-corrected chi connectivity index (χ2v) is 7.05. The van der Waals surface area contributed by atoms with Gasteiger partial charge in [0, 0.05) is 13.0 Å². The normalized spacial score (nSPS) is 16.7. The summed E-state index contributed by atoms with van der Waals surface area (Å²) in [5, 5.41) is 5.62. The van der Waals surface area contributed by atoms with Gasteiger partial charge in [-0.2, -0.15) is 0 Å². The number of amides is 3. The van der Waals surface area contributed by atoms with Crippen molar-refractivity contribution >= 4 is 17.7 Å². The minimum atomic E-state index is -1.02. The van der Waals surface area contributed by atoms with E-state index in [-0.39, 0.29) is 36.9 Å². The first kappa shape index (κ1) is 20.0. The number of furan rings is 1. The Labute approximate surface area is 154 Å². The van der Waals surface area contributed by atoms with E-state index in [1.165, 1.54) is 18.1 Å². The smallest absolute Gasteiger partial charge is 0.245 e. The van der Waals surface area contributed by atoms with E-state index in [4.69, 9.17) is 4.42 Å². The molecule has 2 N–H and O–H groups in total. The highest BCUT2D eigenvalue weighted by Crippen LogP contribution is 2.25. The molecule has 144 valence electrons. The SMILES string of the molecule is CC[C@@](C)(C(=O)NC1CCCC1)N(Cc1ccco1)C(=O)CNC(C)=O. The minimum absolute atomic E-state index is 0.150. The molecule has 26 heavy (non-hydrogen) atoms. The van der Waals surface area contributed by atoms with Gasteiger partial charge in [0.1, 0.15) is 11.3 Å². The summed E-state index contributed by atoms with van der Waals surface area (Å²) in [4.78, 5) is 38.5. The Kier molecular flexibility index (Phi) is 6.83. The van der Waals surface area contributed by atoms with E-state index in [0.29, 0.717) is 12.2 Å². The minimum Gasteiger partial charge on any atom is -0.467 e. The quantitative estimate of drug-likeness (QED) is 0.739. The molecule has 1 atom stereocenters. The van der Waals surface area contributed by atoms with Crippen LogP contribution in [0, 0.1) is 0 Å². The van der Waals surface area contributed by atoms with E-state index in [1.54, 1.807) is 19.1 Å². The standard InChI is InChI=1S/C19H29N3O4/c1-4-19(3,18(25)21-15-8-5-6-9-15)22(13-16-10-7-11-26-16)17(24)12-20-14(2)23/h7,10-11,15H,4-6,8-9,12-13H2,1-3H3,(H,20,23)(H,21,25)/t19-/m0/s1. The zero-order valence-electron chi connectivity index (χ0n) is 15.8. The maximum Gasteiger partial charge on any atom is 0.245 e. The molecule has 1 saturated carbocycles. The molecule has 1 aromatic heterocycles. The van der Waals surface area contributed by atoms with Crippen molar-refractivity contribution in [2.75, 3.05) is 6.54 Å². The molecule has 0 aromatic carbocycles. The van der Waals surface area contributed by atoms with E-state index in [1.807, 2.05) is 6.92 Å². The largest absolute Gasteiger partial charge is 0.467 e. The highest BCUT2D eigenvalue weighted by Gasteiger charge is 2.41. The number of nitrogens with zero attached hydrogens (tertiary/aromatic N) is 1. The Hall–Kier alpha value is -2.31. The van der Waals surface area contributed by atoms with Crippen molar-refractivity contribution in [3.8, 4) is 0 Å². The summed E-state index contributed by atoms with van der Waals surface area (Å²) in [7, 11) is 0. The highest BCUT2D eigenvalue weighted by molar-refractivity contribution is 5.92. The molecule has 2 rings (SSSR count). The molecule has 1 aliphatic rings. The number of carbonyl (C=O) groups excluding carboxylic acids is 3. The van der Waals surface area contributed by atoms with Crippen LogP contribution < -0.4 is 10.6 Å². The lowest BCUT2D eigenvalue weighted by molar-refractivity contribution is -0.148. The number of carbonyl (C=O) groups is 3. The fraction of sp³-hybridized carbons (Fsp3) is 0.632. The molecule has 0 aliphatic heterocycles. The molecule has 3 amide bonds. The summed E-state index contributed by atoms with van der Waals surface area (Å²) in [6, 6.07) is 3.68. The van der Waals surface area contributed by atoms with Crippen LogP contribution in [0.5, 0.6) is 0 Å². The van der Waals surface area contributed by atoms with Gasteiger partial charge in [-0.05, 0) is 38.3 Å². The number of rotatable bonds is 8. The molecule has 7 nitrogen and oxygen atoms in total.